The lowest BCUT2D eigenvalue weighted by molar-refractivity contribution is 0.415. The highest BCUT2D eigenvalue weighted by Gasteiger charge is 2.11. The summed E-state index contributed by atoms with van der Waals surface area (Å²) in [6, 6.07) is 19.4. The van der Waals surface area contributed by atoms with Crippen LogP contribution in [0.1, 0.15) is 11.3 Å². The summed E-state index contributed by atoms with van der Waals surface area (Å²) in [5.41, 5.74) is 4.04. The number of nitriles is 1. The molecule has 0 aliphatic heterocycles. The minimum atomic E-state index is -0.359. The number of aryl methyl sites for hydroxylation is 1. The summed E-state index contributed by atoms with van der Waals surface area (Å²) in [4.78, 5) is 14.7. The minimum Gasteiger partial charge on any atom is -0.497 e. The summed E-state index contributed by atoms with van der Waals surface area (Å²) in [6.07, 6.45) is 0. The van der Waals surface area contributed by atoms with E-state index >= 15 is 0 Å². The van der Waals surface area contributed by atoms with Crippen LogP contribution in [0.25, 0.3) is 22.3 Å². The lowest BCUT2D eigenvalue weighted by Gasteiger charge is -2.09. The zero-order chi connectivity index (χ0) is 17.1. The molecule has 0 radical (unpaired) electrons. The summed E-state index contributed by atoms with van der Waals surface area (Å²) in [7, 11) is 1.63. The van der Waals surface area contributed by atoms with E-state index in [1.807, 2.05) is 60.7 Å². The zero-order valence-electron chi connectivity index (χ0n) is 13.5. The summed E-state index contributed by atoms with van der Waals surface area (Å²) >= 11 is 0. The SMILES string of the molecule is COc1ccc(-c2cccc(-c3cc(C)[nH]c(=O)c3C#N)c2)cc1. The normalized spacial score (nSPS) is 10.2. The van der Waals surface area contributed by atoms with Gasteiger partial charge in [-0.15, -0.1) is 0 Å². The molecule has 0 saturated carbocycles. The number of ether oxygens (including phenoxy) is 1. The van der Waals surface area contributed by atoms with Crippen molar-refractivity contribution in [2.24, 2.45) is 0 Å². The molecule has 0 amide bonds. The molecule has 0 spiro atoms. The third-order valence-corrected chi connectivity index (χ3v) is 3.88. The van der Waals surface area contributed by atoms with Gasteiger partial charge in [0.2, 0.25) is 0 Å². The van der Waals surface area contributed by atoms with Gasteiger partial charge in [0.1, 0.15) is 17.4 Å². The van der Waals surface area contributed by atoms with Crippen molar-refractivity contribution >= 4 is 0 Å². The fourth-order valence-electron chi connectivity index (χ4n) is 2.68. The Morgan fingerprint density at radius 1 is 1.00 bits per heavy atom. The monoisotopic (exact) mass is 316 g/mol. The quantitative estimate of drug-likeness (QED) is 0.797. The Bertz CT molecular complexity index is 980. The van der Waals surface area contributed by atoms with Crippen molar-refractivity contribution in [2.45, 2.75) is 6.92 Å². The highest BCUT2D eigenvalue weighted by molar-refractivity contribution is 5.76. The van der Waals surface area contributed by atoms with Crippen molar-refractivity contribution in [1.82, 2.24) is 4.98 Å². The average molecular weight is 316 g/mol. The molecule has 0 saturated heterocycles. The van der Waals surface area contributed by atoms with Crippen LogP contribution < -0.4 is 10.3 Å². The first kappa shape index (κ1) is 15.6. The Morgan fingerprint density at radius 2 is 1.71 bits per heavy atom. The minimum absolute atomic E-state index is 0.132. The molecule has 1 heterocycles. The van der Waals surface area contributed by atoms with Gasteiger partial charge >= 0.3 is 0 Å². The summed E-state index contributed by atoms with van der Waals surface area (Å²) in [6.45, 7) is 1.80. The number of aromatic nitrogens is 1. The summed E-state index contributed by atoms with van der Waals surface area (Å²) < 4.78 is 5.18. The van der Waals surface area contributed by atoms with Crippen LogP contribution in [0.5, 0.6) is 5.75 Å². The van der Waals surface area contributed by atoms with Gasteiger partial charge in [-0.1, -0.05) is 30.3 Å². The van der Waals surface area contributed by atoms with Crippen molar-refractivity contribution in [1.29, 1.82) is 5.26 Å². The van der Waals surface area contributed by atoms with Gasteiger partial charge in [0, 0.05) is 11.3 Å². The molecule has 118 valence electrons. The number of benzene rings is 2. The standard InChI is InChI=1S/C20H16N2O2/c1-13-10-18(19(12-21)20(23)22-13)16-5-3-4-15(11-16)14-6-8-17(24-2)9-7-14/h3-11H,1-2H3,(H,22,23). The highest BCUT2D eigenvalue weighted by atomic mass is 16.5. The van der Waals surface area contributed by atoms with Gasteiger partial charge in [0.15, 0.2) is 0 Å². The summed E-state index contributed by atoms with van der Waals surface area (Å²) in [5, 5.41) is 9.31. The second-order valence-electron chi connectivity index (χ2n) is 5.49. The van der Waals surface area contributed by atoms with E-state index in [1.165, 1.54) is 0 Å². The number of nitrogens with one attached hydrogen (secondary N) is 1. The molecule has 2 aromatic carbocycles. The van der Waals surface area contributed by atoms with Crippen molar-refractivity contribution in [2.75, 3.05) is 7.11 Å². The number of pyridine rings is 1. The van der Waals surface area contributed by atoms with E-state index in [-0.39, 0.29) is 11.1 Å². The van der Waals surface area contributed by atoms with Gasteiger partial charge < -0.3 is 9.72 Å². The number of aromatic amines is 1. The van der Waals surface area contributed by atoms with E-state index < -0.39 is 0 Å². The fraction of sp³-hybridized carbons (Fsp3) is 0.100. The Hall–Kier alpha value is -3.32. The van der Waals surface area contributed by atoms with E-state index in [2.05, 4.69) is 4.98 Å². The van der Waals surface area contributed by atoms with Crippen LogP contribution in [0.15, 0.2) is 59.4 Å². The Balaban J connectivity index is 2.12. The Labute approximate surface area is 140 Å². The van der Waals surface area contributed by atoms with Crippen molar-refractivity contribution < 1.29 is 4.74 Å². The van der Waals surface area contributed by atoms with Gasteiger partial charge in [0.25, 0.3) is 5.56 Å². The second-order valence-corrected chi connectivity index (χ2v) is 5.49. The number of methoxy groups -OCH3 is 1. The van der Waals surface area contributed by atoms with Crippen LogP contribution in [0.4, 0.5) is 0 Å². The van der Waals surface area contributed by atoms with E-state index in [4.69, 9.17) is 4.74 Å². The molecule has 0 fully saturated rings. The molecule has 3 rings (SSSR count). The van der Waals surface area contributed by atoms with Crippen molar-refractivity contribution in [3.8, 4) is 34.1 Å². The second kappa shape index (κ2) is 6.43. The molecule has 0 aliphatic rings. The predicted molar refractivity (Wildman–Crippen MR) is 93.9 cm³/mol. The van der Waals surface area contributed by atoms with Crippen LogP contribution in [-0.2, 0) is 0 Å². The smallest absolute Gasteiger partial charge is 0.266 e. The van der Waals surface area contributed by atoms with Crippen LogP contribution in [0.2, 0.25) is 0 Å². The molecule has 4 nitrogen and oxygen atoms in total. The molecule has 3 aromatic rings. The lowest BCUT2D eigenvalue weighted by atomic mass is 9.96. The van der Waals surface area contributed by atoms with Crippen molar-refractivity contribution in [3.05, 3.63) is 76.2 Å². The lowest BCUT2D eigenvalue weighted by Crippen LogP contribution is -2.12. The number of H-pyrrole nitrogens is 1. The third kappa shape index (κ3) is 2.92. The summed E-state index contributed by atoms with van der Waals surface area (Å²) in [5.74, 6) is 0.798. The van der Waals surface area contributed by atoms with Gasteiger partial charge in [-0.2, -0.15) is 5.26 Å². The van der Waals surface area contributed by atoms with E-state index in [1.54, 1.807) is 14.0 Å². The van der Waals surface area contributed by atoms with E-state index in [9.17, 15) is 10.1 Å². The van der Waals surface area contributed by atoms with Gasteiger partial charge in [-0.3, -0.25) is 4.79 Å². The molecule has 1 aromatic heterocycles. The van der Waals surface area contributed by atoms with E-state index in [0.717, 1.165) is 28.1 Å². The molecule has 1 N–H and O–H groups in total. The number of hydrogen-bond acceptors (Lipinski definition) is 3. The van der Waals surface area contributed by atoms with Crippen LogP contribution >= 0.6 is 0 Å². The average Bonchev–Trinajstić information content (AvgIpc) is 2.61. The first-order chi connectivity index (χ1) is 11.6. The number of nitrogens with zero attached hydrogens (tertiary/aromatic N) is 1. The van der Waals surface area contributed by atoms with Gasteiger partial charge in [-0.25, -0.2) is 0 Å². The topological polar surface area (TPSA) is 65.9 Å². The zero-order valence-corrected chi connectivity index (χ0v) is 13.5. The molecule has 4 heteroatoms. The maximum atomic E-state index is 12.0. The molecule has 0 bridgehead atoms. The number of hydrogen-bond donors (Lipinski definition) is 1. The van der Waals surface area contributed by atoms with Crippen molar-refractivity contribution in [3.63, 3.8) is 0 Å². The van der Waals surface area contributed by atoms with Gasteiger partial charge in [-0.05, 0) is 47.9 Å². The molecule has 0 unspecified atom stereocenters. The first-order valence-corrected chi connectivity index (χ1v) is 7.51. The molecule has 24 heavy (non-hydrogen) atoms. The molecule has 0 atom stereocenters. The van der Waals surface area contributed by atoms with Gasteiger partial charge in [0.05, 0.1) is 7.11 Å². The molecular weight excluding hydrogens is 300 g/mol. The molecule has 0 aliphatic carbocycles. The predicted octanol–water partition coefficient (Wildman–Crippen LogP) is 3.90. The third-order valence-electron chi connectivity index (χ3n) is 3.88. The van der Waals surface area contributed by atoms with Crippen LogP contribution in [-0.4, -0.2) is 12.1 Å². The highest BCUT2D eigenvalue weighted by Crippen LogP contribution is 2.28. The van der Waals surface area contributed by atoms with E-state index in [0.29, 0.717) is 5.56 Å². The maximum absolute atomic E-state index is 12.0. The largest absolute Gasteiger partial charge is 0.497 e. The van der Waals surface area contributed by atoms with Crippen LogP contribution in [0.3, 0.4) is 0 Å². The number of rotatable bonds is 3. The maximum Gasteiger partial charge on any atom is 0.266 e. The van der Waals surface area contributed by atoms with Crippen LogP contribution in [0, 0.1) is 18.3 Å². The molecular formula is C20H16N2O2. The Kier molecular flexibility index (Phi) is 4.17. The first-order valence-electron chi connectivity index (χ1n) is 7.51. The fourth-order valence-corrected chi connectivity index (χ4v) is 2.68. The Morgan fingerprint density at radius 3 is 2.38 bits per heavy atom.